The van der Waals surface area contributed by atoms with Gasteiger partial charge in [0.05, 0.1) is 5.56 Å². The fraction of sp³-hybridized carbons (Fsp3) is 0.588. The van der Waals surface area contributed by atoms with Crippen molar-refractivity contribution >= 4 is 34.1 Å². The Labute approximate surface area is 145 Å². The summed E-state index contributed by atoms with van der Waals surface area (Å²) in [4.78, 5) is 35.8. The van der Waals surface area contributed by atoms with Crippen molar-refractivity contribution in [3.8, 4) is 0 Å². The molecule has 2 rings (SSSR count). The van der Waals surface area contributed by atoms with Crippen LogP contribution in [-0.4, -0.2) is 22.9 Å². The van der Waals surface area contributed by atoms with Crippen molar-refractivity contribution < 1.29 is 19.5 Å². The minimum Gasteiger partial charge on any atom is -0.481 e. The molecule has 1 aliphatic carbocycles. The number of fused-ring (bicyclic) bond motifs is 1. The largest absolute Gasteiger partial charge is 0.481 e. The molecule has 6 nitrogen and oxygen atoms in total. The monoisotopic (exact) mass is 352 g/mol. The van der Waals surface area contributed by atoms with Gasteiger partial charge in [0.1, 0.15) is 5.00 Å². The van der Waals surface area contributed by atoms with Crippen molar-refractivity contribution in [1.29, 1.82) is 0 Å². The Balaban J connectivity index is 2.15. The topological polar surface area (TPSA) is 109 Å². The Morgan fingerprint density at radius 2 is 2.08 bits per heavy atom. The first kappa shape index (κ1) is 18.4. The van der Waals surface area contributed by atoms with Crippen LogP contribution in [0.15, 0.2) is 0 Å². The zero-order valence-corrected chi connectivity index (χ0v) is 14.9. The van der Waals surface area contributed by atoms with Crippen molar-refractivity contribution in [2.24, 2.45) is 17.6 Å². The maximum Gasteiger partial charge on any atom is 0.303 e. The van der Waals surface area contributed by atoms with E-state index in [1.54, 1.807) is 6.92 Å². The summed E-state index contributed by atoms with van der Waals surface area (Å²) >= 11 is 1.43. The molecule has 0 saturated carbocycles. The second kappa shape index (κ2) is 7.79. The Bertz CT molecular complexity index is 653. The quantitative estimate of drug-likeness (QED) is 0.701. The predicted octanol–water partition coefficient (Wildman–Crippen LogP) is 2.80. The van der Waals surface area contributed by atoms with Crippen molar-refractivity contribution in [3.63, 3.8) is 0 Å². The molecule has 7 heteroatoms. The SMILES string of the molecule is CC[C@H]1CCc2c(sc(NC(=O)C[C@@H](C)CC(=O)O)c2C(N)=O)C1. The molecule has 0 saturated heterocycles. The molecule has 0 unspecified atom stereocenters. The molecule has 2 amide bonds. The molecular formula is C17H24N2O4S. The van der Waals surface area contributed by atoms with Crippen LogP contribution in [0.25, 0.3) is 0 Å². The summed E-state index contributed by atoms with van der Waals surface area (Å²) in [5, 5.41) is 12.1. The Hall–Kier alpha value is -1.89. The number of anilines is 1. The molecular weight excluding hydrogens is 328 g/mol. The standard InChI is InChI=1S/C17H24N2O4S/c1-3-10-4-5-11-12(8-10)24-17(15(11)16(18)23)19-13(20)6-9(2)7-14(21)22/h9-10H,3-8H2,1-2H3,(H2,18,23)(H,19,20)(H,21,22)/t9-,10+/m1/s1. The van der Waals surface area contributed by atoms with Gasteiger partial charge < -0.3 is 16.2 Å². The van der Waals surface area contributed by atoms with Crippen molar-refractivity contribution in [2.45, 2.75) is 52.4 Å². The number of rotatable bonds is 7. The average Bonchev–Trinajstić information content (AvgIpc) is 2.82. The first-order chi connectivity index (χ1) is 11.3. The van der Waals surface area contributed by atoms with Crippen LogP contribution in [0.4, 0.5) is 5.00 Å². The van der Waals surface area contributed by atoms with Crippen molar-refractivity contribution in [2.75, 3.05) is 5.32 Å². The van der Waals surface area contributed by atoms with E-state index >= 15 is 0 Å². The summed E-state index contributed by atoms with van der Waals surface area (Å²) in [5.41, 5.74) is 6.94. The zero-order valence-electron chi connectivity index (χ0n) is 14.1. The molecule has 1 aromatic heterocycles. The molecule has 0 spiro atoms. The van der Waals surface area contributed by atoms with Gasteiger partial charge in [0.15, 0.2) is 0 Å². The Kier molecular flexibility index (Phi) is 5.99. The van der Waals surface area contributed by atoms with Crippen molar-refractivity contribution in [3.05, 3.63) is 16.0 Å². The first-order valence-electron chi connectivity index (χ1n) is 8.27. The van der Waals surface area contributed by atoms with Crippen molar-refractivity contribution in [1.82, 2.24) is 0 Å². The lowest BCUT2D eigenvalue weighted by molar-refractivity contribution is -0.138. The van der Waals surface area contributed by atoms with E-state index in [0.29, 0.717) is 16.5 Å². The normalized spacial score (nSPS) is 17.8. The highest BCUT2D eigenvalue weighted by Gasteiger charge is 2.28. The molecule has 1 heterocycles. The third-order valence-electron chi connectivity index (χ3n) is 4.50. The van der Waals surface area contributed by atoms with E-state index in [-0.39, 0.29) is 24.7 Å². The third-order valence-corrected chi connectivity index (χ3v) is 5.67. The van der Waals surface area contributed by atoms with E-state index in [0.717, 1.165) is 36.1 Å². The van der Waals surface area contributed by atoms with E-state index in [1.165, 1.54) is 11.3 Å². The summed E-state index contributed by atoms with van der Waals surface area (Å²) in [5.74, 6) is -1.38. The molecule has 132 valence electrons. The second-order valence-electron chi connectivity index (χ2n) is 6.54. The fourth-order valence-electron chi connectivity index (χ4n) is 3.22. The van der Waals surface area contributed by atoms with Crippen LogP contribution in [0.3, 0.4) is 0 Å². The first-order valence-corrected chi connectivity index (χ1v) is 9.09. The minimum absolute atomic E-state index is 0.0603. The van der Waals surface area contributed by atoms with Crippen LogP contribution in [0, 0.1) is 11.8 Å². The Morgan fingerprint density at radius 1 is 1.38 bits per heavy atom. The van der Waals surface area contributed by atoms with E-state index in [2.05, 4.69) is 12.2 Å². The zero-order chi connectivity index (χ0) is 17.9. The maximum absolute atomic E-state index is 12.2. The highest BCUT2D eigenvalue weighted by molar-refractivity contribution is 7.17. The average molecular weight is 352 g/mol. The third kappa shape index (κ3) is 4.35. The van der Waals surface area contributed by atoms with Gasteiger partial charge in [-0.25, -0.2) is 0 Å². The number of hydrogen-bond acceptors (Lipinski definition) is 4. The fourth-order valence-corrected chi connectivity index (χ4v) is 4.60. The number of thiophene rings is 1. The molecule has 0 bridgehead atoms. The minimum atomic E-state index is -0.926. The number of primary amides is 1. The van der Waals surface area contributed by atoms with Crippen LogP contribution in [0.5, 0.6) is 0 Å². The van der Waals surface area contributed by atoms with Crippen LogP contribution < -0.4 is 11.1 Å². The molecule has 4 N–H and O–H groups in total. The van der Waals surface area contributed by atoms with Gasteiger partial charge >= 0.3 is 5.97 Å². The predicted molar refractivity (Wildman–Crippen MR) is 93.3 cm³/mol. The number of nitrogens with one attached hydrogen (secondary N) is 1. The number of carboxylic acids is 1. The van der Waals surface area contributed by atoms with Gasteiger partial charge in [0.2, 0.25) is 5.91 Å². The summed E-state index contributed by atoms with van der Waals surface area (Å²) in [6.07, 6.45) is 3.90. The highest BCUT2D eigenvalue weighted by atomic mass is 32.1. The number of aliphatic carboxylic acids is 1. The molecule has 0 aromatic carbocycles. The van der Waals surface area contributed by atoms with Gasteiger partial charge in [-0.05, 0) is 36.7 Å². The lowest BCUT2D eigenvalue weighted by atomic mass is 9.85. The lowest BCUT2D eigenvalue weighted by Crippen LogP contribution is -2.21. The number of carbonyl (C=O) groups is 3. The van der Waals surface area contributed by atoms with Crippen LogP contribution in [-0.2, 0) is 22.4 Å². The maximum atomic E-state index is 12.2. The molecule has 2 atom stereocenters. The lowest BCUT2D eigenvalue weighted by Gasteiger charge is -2.20. The van der Waals surface area contributed by atoms with Gasteiger partial charge in [-0.3, -0.25) is 14.4 Å². The Morgan fingerprint density at radius 3 is 2.67 bits per heavy atom. The van der Waals surface area contributed by atoms with Gasteiger partial charge in [-0.2, -0.15) is 0 Å². The van der Waals surface area contributed by atoms with E-state index in [1.807, 2.05) is 0 Å². The number of hydrogen-bond donors (Lipinski definition) is 3. The summed E-state index contributed by atoms with van der Waals surface area (Å²) in [6.45, 7) is 3.87. The van der Waals surface area contributed by atoms with Crippen LogP contribution in [0.2, 0.25) is 0 Å². The number of amides is 2. The summed E-state index contributed by atoms with van der Waals surface area (Å²) in [7, 11) is 0. The molecule has 24 heavy (non-hydrogen) atoms. The van der Waals surface area contributed by atoms with Gasteiger partial charge in [-0.1, -0.05) is 20.3 Å². The van der Waals surface area contributed by atoms with Crippen LogP contribution >= 0.6 is 11.3 Å². The van der Waals surface area contributed by atoms with Gasteiger partial charge in [0, 0.05) is 17.7 Å². The number of carbonyl (C=O) groups excluding carboxylic acids is 2. The van der Waals surface area contributed by atoms with E-state index in [9.17, 15) is 14.4 Å². The molecule has 1 aromatic rings. The molecule has 0 fully saturated rings. The molecule has 0 aliphatic heterocycles. The number of nitrogens with two attached hydrogens (primary N) is 1. The summed E-state index contributed by atoms with van der Waals surface area (Å²) in [6, 6.07) is 0. The highest BCUT2D eigenvalue weighted by Crippen LogP contribution is 2.40. The smallest absolute Gasteiger partial charge is 0.303 e. The van der Waals surface area contributed by atoms with Crippen LogP contribution in [0.1, 0.15) is 60.3 Å². The van der Waals surface area contributed by atoms with E-state index in [4.69, 9.17) is 10.8 Å². The molecule has 1 aliphatic rings. The number of carboxylic acid groups (broad SMARTS) is 1. The van der Waals surface area contributed by atoms with Gasteiger partial charge in [-0.15, -0.1) is 11.3 Å². The van der Waals surface area contributed by atoms with E-state index < -0.39 is 11.9 Å². The molecule has 0 radical (unpaired) electrons. The second-order valence-corrected chi connectivity index (χ2v) is 7.65. The summed E-state index contributed by atoms with van der Waals surface area (Å²) < 4.78 is 0. The van der Waals surface area contributed by atoms with Gasteiger partial charge in [0.25, 0.3) is 5.91 Å².